The van der Waals surface area contributed by atoms with Crippen molar-refractivity contribution in [2.24, 2.45) is 0 Å². The van der Waals surface area contributed by atoms with Gasteiger partial charge in [0.15, 0.2) is 16.6 Å². The first-order valence-electron chi connectivity index (χ1n) is 8.40. The summed E-state index contributed by atoms with van der Waals surface area (Å²) < 4.78 is 10.7. The molecule has 0 bridgehead atoms. The van der Waals surface area contributed by atoms with E-state index in [1.807, 2.05) is 55.5 Å². The van der Waals surface area contributed by atoms with Gasteiger partial charge in [0.1, 0.15) is 0 Å². The number of para-hydroxylation sites is 1. The van der Waals surface area contributed by atoms with Crippen LogP contribution in [0.2, 0.25) is 0 Å². The van der Waals surface area contributed by atoms with Gasteiger partial charge in [0, 0.05) is 11.4 Å². The highest BCUT2D eigenvalue weighted by molar-refractivity contribution is 7.80. The van der Waals surface area contributed by atoms with Crippen LogP contribution in [0.3, 0.4) is 0 Å². The Hall–Kier alpha value is -3.06. The Morgan fingerprint density at radius 3 is 2.44 bits per heavy atom. The number of nitrogens with one attached hydrogen (secondary N) is 3. The lowest BCUT2D eigenvalue weighted by Crippen LogP contribution is -2.45. The molecule has 0 saturated carbocycles. The number of hydrogen-bond donors (Lipinski definition) is 3. The van der Waals surface area contributed by atoms with Crippen LogP contribution in [0.5, 0.6) is 11.5 Å². The predicted octanol–water partition coefficient (Wildman–Crippen LogP) is 3.14. The molecular weight excluding hydrogens is 362 g/mol. The van der Waals surface area contributed by atoms with Crippen LogP contribution in [0.1, 0.15) is 18.5 Å². The third-order valence-electron chi connectivity index (χ3n) is 4.29. The number of anilines is 1. The minimum absolute atomic E-state index is 0.207. The summed E-state index contributed by atoms with van der Waals surface area (Å²) in [4.78, 5) is 13.0. The summed E-state index contributed by atoms with van der Waals surface area (Å²) in [6, 6.07) is 14.4. The van der Waals surface area contributed by atoms with Crippen LogP contribution in [0, 0.1) is 0 Å². The fourth-order valence-corrected chi connectivity index (χ4v) is 3.27. The molecule has 0 aromatic heterocycles. The van der Waals surface area contributed by atoms with Crippen molar-refractivity contribution in [2.45, 2.75) is 13.0 Å². The van der Waals surface area contributed by atoms with Crippen molar-refractivity contribution in [1.82, 2.24) is 10.6 Å². The number of methoxy groups -OCH3 is 2. The van der Waals surface area contributed by atoms with Gasteiger partial charge in [-0.2, -0.15) is 0 Å². The molecule has 1 heterocycles. The third-order valence-corrected chi connectivity index (χ3v) is 4.51. The van der Waals surface area contributed by atoms with Crippen LogP contribution in [0.25, 0.3) is 0 Å². The number of ether oxygens (including phenoxy) is 2. The van der Waals surface area contributed by atoms with E-state index in [-0.39, 0.29) is 5.91 Å². The molecule has 0 fully saturated rings. The maximum atomic E-state index is 13.0. The predicted molar refractivity (Wildman–Crippen MR) is 109 cm³/mol. The van der Waals surface area contributed by atoms with Crippen LogP contribution in [0.4, 0.5) is 5.69 Å². The average molecular weight is 383 g/mol. The van der Waals surface area contributed by atoms with Crippen molar-refractivity contribution < 1.29 is 14.3 Å². The van der Waals surface area contributed by atoms with Gasteiger partial charge < -0.3 is 25.4 Å². The summed E-state index contributed by atoms with van der Waals surface area (Å²) in [6.07, 6.45) is 0. The Morgan fingerprint density at radius 1 is 1.07 bits per heavy atom. The summed E-state index contributed by atoms with van der Waals surface area (Å²) in [6.45, 7) is 1.83. The smallest absolute Gasteiger partial charge is 0.255 e. The van der Waals surface area contributed by atoms with E-state index in [1.54, 1.807) is 14.2 Å². The van der Waals surface area contributed by atoms with E-state index in [0.717, 1.165) is 11.3 Å². The largest absolute Gasteiger partial charge is 0.493 e. The molecule has 140 valence electrons. The first kappa shape index (κ1) is 18.7. The number of allylic oxidation sites excluding steroid dienone is 1. The van der Waals surface area contributed by atoms with Gasteiger partial charge in [0.2, 0.25) is 0 Å². The van der Waals surface area contributed by atoms with Crippen LogP contribution >= 0.6 is 12.2 Å². The van der Waals surface area contributed by atoms with Gasteiger partial charge in [-0.3, -0.25) is 4.79 Å². The Balaban J connectivity index is 1.98. The zero-order chi connectivity index (χ0) is 19.4. The van der Waals surface area contributed by atoms with Gasteiger partial charge in [-0.05, 0) is 49.0 Å². The third kappa shape index (κ3) is 4.03. The number of carbonyl (C=O) groups excluding carboxylic acids is 1. The lowest BCUT2D eigenvalue weighted by molar-refractivity contribution is -0.113. The quantitative estimate of drug-likeness (QED) is 0.689. The van der Waals surface area contributed by atoms with E-state index < -0.39 is 6.04 Å². The molecule has 3 N–H and O–H groups in total. The van der Waals surface area contributed by atoms with E-state index in [9.17, 15) is 4.79 Å². The highest BCUT2D eigenvalue weighted by Gasteiger charge is 2.30. The Morgan fingerprint density at radius 2 is 1.78 bits per heavy atom. The first-order valence-corrected chi connectivity index (χ1v) is 8.81. The van der Waals surface area contributed by atoms with Crippen molar-refractivity contribution in [1.29, 1.82) is 0 Å². The highest BCUT2D eigenvalue weighted by atomic mass is 32.1. The van der Waals surface area contributed by atoms with E-state index in [2.05, 4.69) is 16.0 Å². The van der Waals surface area contributed by atoms with Crippen LogP contribution in [0.15, 0.2) is 59.8 Å². The molecule has 1 atom stereocenters. The molecule has 2 aromatic carbocycles. The van der Waals surface area contributed by atoms with Crippen molar-refractivity contribution in [3.8, 4) is 11.5 Å². The maximum absolute atomic E-state index is 13.0. The molecule has 0 radical (unpaired) electrons. The van der Waals surface area contributed by atoms with Gasteiger partial charge >= 0.3 is 0 Å². The monoisotopic (exact) mass is 383 g/mol. The van der Waals surface area contributed by atoms with Crippen LogP contribution < -0.4 is 25.4 Å². The fraction of sp³-hybridized carbons (Fsp3) is 0.200. The number of thiocarbonyl (C=S) groups is 1. The number of benzene rings is 2. The summed E-state index contributed by atoms with van der Waals surface area (Å²) in [7, 11) is 3.16. The first-order chi connectivity index (χ1) is 13.0. The second kappa shape index (κ2) is 8.09. The Labute approximate surface area is 163 Å². The lowest BCUT2D eigenvalue weighted by Gasteiger charge is -2.30. The number of rotatable bonds is 5. The van der Waals surface area contributed by atoms with Crippen molar-refractivity contribution in [2.75, 3.05) is 19.5 Å². The Kier molecular flexibility index (Phi) is 5.61. The van der Waals surface area contributed by atoms with Gasteiger partial charge in [-0.25, -0.2) is 0 Å². The van der Waals surface area contributed by atoms with Gasteiger partial charge in [0.05, 0.1) is 25.8 Å². The van der Waals surface area contributed by atoms with E-state index >= 15 is 0 Å². The van der Waals surface area contributed by atoms with Gasteiger partial charge in [0.25, 0.3) is 5.91 Å². The molecular formula is C20H21N3O3S. The molecule has 2 aromatic rings. The SMILES string of the molecule is COc1ccc([C@@H]2NC(=S)NC(C)=C2C(=O)Nc2ccccc2)cc1OC. The summed E-state index contributed by atoms with van der Waals surface area (Å²) in [5.74, 6) is 0.997. The lowest BCUT2D eigenvalue weighted by atomic mass is 9.94. The summed E-state index contributed by atoms with van der Waals surface area (Å²) >= 11 is 5.29. The number of amides is 1. The fourth-order valence-electron chi connectivity index (χ4n) is 3.00. The molecule has 0 unspecified atom stereocenters. The van der Waals surface area contributed by atoms with Crippen molar-refractivity contribution in [3.63, 3.8) is 0 Å². The minimum Gasteiger partial charge on any atom is -0.493 e. The molecule has 0 saturated heterocycles. The molecule has 3 rings (SSSR count). The summed E-state index contributed by atoms with van der Waals surface area (Å²) in [5, 5.41) is 9.60. The molecule has 1 aliphatic rings. The second-order valence-corrected chi connectivity index (χ2v) is 6.41. The highest BCUT2D eigenvalue weighted by Crippen LogP contribution is 2.34. The molecule has 0 spiro atoms. The molecule has 1 aliphatic heterocycles. The standard InChI is InChI=1S/C20H21N3O3S/c1-12-17(19(24)22-14-7-5-4-6-8-14)18(23-20(27)21-12)13-9-10-15(25-2)16(11-13)26-3/h4-11,18H,1-3H3,(H,22,24)(H2,21,23,27)/t18-/m0/s1. The molecule has 1 amide bonds. The number of carbonyl (C=O) groups is 1. The van der Waals surface area contributed by atoms with E-state index in [4.69, 9.17) is 21.7 Å². The molecule has 6 nitrogen and oxygen atoms in total. The van der Waals surface area contributed by atoms with Gasteiger partial charge in [-0.15, -0.1) is 0 Å². The minimum atomic E-state index is -0.415. The second-order valence-electron chi connectivity index (χ2n) is 6.00. The van der Waals surface area contributed by atoms with E-state index in [1.165, 1.54) is 0 Å². The number of hydrogen-bond acceptors (Lipinski definition) is 4. The molecule has 0 aliphatic carbocycles. The van der Waals surface area contributed by atoms with Crippen molar-refractivity contribution >= 4 is 28.9 Å². The Bertz CT molecular complexity index is 897. The molecule has 7 heteroatoms. The van der Waals surface area contributed by atoms with Crippen LogP contribution in [-0.4, -0.2) is 25.2 Å². The van der Waals surface area contributed by atoms with E-state index in [0.29, 0.717) is 27.9 Å². The maximum Gasteiger partial charge on any atom is 0.255 e. The average Bonchev–Trinajstić information content (AvgIpc) is 2.67. The summed E-state index contributed by atoms with van der Waals surface area (Å²) in [5.41, 5.74) is 2.82. The zero-order valence-electron chi connectivity index (χ0n) is 15.3. The topological polar surface area (TPSA) is 71.6 Å². The van der Waals surface area contributed by atoms with Crippen molar-refractivity contribution in [3.05, 3.63) is 65.4 Å². The van der Waals surface area contributed by atoms with Crippen LogP contribution in [-0.2, 0) is 4.79 Å². The zero-order valence-corrected chi connectivity index (χ0v) is 16.1. The molecule has 27 heavy (non-hydrogen) atoms. The van der Waals surface area contributed by atoms with Gasteiger partial charge in [-0.1, -0.05) is 24.3 Å². The normalized spacial score (nSPS) is 16.3.